The molecule has 2 nitrogen and oxygen atoms in total. The fourth-order valence-corrected chi connectivity index (χ4v) is 3.14. The summed E-state index contributed by atoms with van der Waals surface area (Å²) in [7, 11) is 6.44. The molecule has 0 amide bonds. The van der Waals surface area contributed by atoms with Gasteiger partial charge < -0.3 is 10.2 Å². The molecule has 102 valence electrons. The average Bonchev–Trinajstić information content (AvgIpc) is 2.35. The SMILES string of the molecule is CCC(CC)(C(NC)c1cccc(C)c1)N(C)C. The molecular formula is C16H28N2. The lowest BCUT2D eigenvalue weighted by Crippen LogP contribution is -2.52. The first kappa shape index (κ1) is 15.2. The highest BCUT2D eigenvalue weighted by Gasteiger charge is 2.37. The van der Waals surface area contributed by atoms with Gasteiger partial charge in [-0.15, -0.1) is 0 Å². The zero-order chi connectivity index (χ0) is 13.8. The van der Waals surface area contributed by atoms with E-state index in [1.807, 2.05) is 0 Å². The Labute approximate surface area is 112 Å². The number of nitrogens with zero attached hydrogens (tertiary/aromatic N) is 1. The Bertz CT molecular complexity index is 367. The molecule has 2 heteroatoms. The first-order valence-electron chi connectivity index (χ1n) is 6.93. The molecule has 0 saturated heterocycles. The number of hydrogen-bond acceptors (Lipinski definition) is 2. The molecule has 1 rings (SSSR count). The van der Waals surface area contributed by atoms with Gasteiger partial charge in [0, 0.05) is 5.54 Å². The summed E-state index contributed by atoms with van der Waals surface area (Å²) < 4.78 is 0. The van der Waals surface area contributed by atoms with Crippen LogP contribution < -0.4 is 5.32 Å². The second-order valence-corrected chi connectivity index (χ2v) is 5.34. The van der Waals surface area contributed by atoms with Crippen molar-refractivity contribution in [1.29, 1.82) is 0 Å². The number of benzene rings is 1. The Hall–Kier alpha value is -0.860. The van der Waals surface area contributed by atoms with Crippen molar-refractivity contribution in [2.45, 2.75) is 45.2 Å². The highest BCUT2D eigenvalue weighted by molar-refractivity contribution is 5.28. The molecule has 0 saturated carbocycles. The van der Waals surface area contributed by atoms with Gasteiger partial charge in [-0.25, -0.2) is 0 Å². The average molecular weight is 248 g/mol. The van der Waals surface area contributed by atoms with Crippen LogP contribution in [0, 0.1) is 6.92 Å². The summed E-state index contributed by atoms with van der Waals surface area (Å²) in [5, 5.41) is 3.53. The summed E-state index contributed by atoms with van der Waals surface area (Å²) in [4.78, 5) is 2.37. The van der Waals surface area contributed by atoms with Crippen LogP contribution >= 0.6 is 0 Å². The van der Waals surface area contributed by atoms with Gasteiger partial charge in [-0.2, -0.15) is 0 Å². The number of nitrogens with one attached hydrogen (secondary N) is 1. The molecule has 0 aromatic heterocycles. The maximum absolute atomic E-state index is 3.53. The third kappa shape index (κ3) is 2.76. The van der Waals surface area contributed by atoms with Crippen LogP contribution in [0.25, 0.3) is 0 Å². The Morgan fingerprint density at radius 2 is 1.83 bits per heavy atom. The van der Waals surface area contributed by atoms with Crippen LogP contribution in [0.4, 0.5) is 0 Å². The standard InChI is InChI=1S/C16H28N2/c1-7-16(8-2,18(5)6)15(17-4)14-11-9-10-13(3)12-14/h9-12,15,17H,7-8H2,1-6H3. The number of hydrogen-bond donors (Lipinski definition) is 1. The molecule has 1 aromatic rings. The van der Waals surface area contributed by atoms with Gasteiger partial charge in [0.1, 0.15) is 0 Å². The van der Waals surface area contributed by atoms with Crippen molar-refractivity contribution >= 4 is 0 Å². The molecule has 0 radical (unpaired) electrons. The molecule has 0 aliphatic rings. The summed E-state index contributed by atoms with van der Waals surface area (Å²) in [6, 6.07) is 9.21. The van der Waals surface area contributed by atoms with Crippen LogP contribution in [-0.4, -0.2) is 31.6 Å². The van der Waals surface area contributed by atoms with Gasteiger partial charge in [0.05, 0.1) is 6.04 Å². The van der Waals surface area contributed by atoms with Gasteiger partial charge in [0.15, 0.2) is 0 Å². The van der Waals surface area contributed by atoms with Crippen molar-refractivity contribution in [2.24, 2.45) is 0 Å². The van der Waals surface area contributed by atoms with Crippen molar-refractivity contribution in [3.8, 4) is 0 Å². The minimum absolute atomic E-state index is 0.169. The zero-order valence-electron chi connectivity index (χ0n) is 12.7. The molecule has 0 spiro atoms. The Morgan fingerprint density at radius 1 is 1.22 bits per heavy atom. The minimum Gasteiger partial charge on any atom is -0.311 e. The Balaban J connectivity index is 3.22. The van der Waals surface area contributed by atoms with Gasteiger partial charge in [-0.1, -0.05) is 43.7 Å². The Morgan fingerprint density at radius 3 is 2.22 bits per heavy atom. The molecule has 1 N–H and O–H groups in total. The fourth-order valence-electron chi connectivity index (χ4n) is 3.14. The van der Waals surface area contributed by atoms with Crippen LogP contribution in [-0.2, 0) is 0 Å². The topological polar surface area (TPSA) is 15.3 Å². The second kappa shape index (κ2) is 6.35. The lowest BCUT2D eigenvalue weighted by molar-refractivity contribution is 0.0917. The van der Waals surface area contributed by atoms with E-state index in [4.69, 9.17) is 0 Å². The van der Waals surface area contributed by atoms with E-state index in [0.717, 1.165) is 12.8 Å². The van der Waals surface area contributed by atoms with Gasteiger partial charge in [0.25, 0.3) is 0 Å². The summed E-state index contributed by atoms with van der Waals surface area (Å²) in [6.45, 7) is 6.72. The van der Waals surface area contributed by atoms with E-state index in [9.17, 15) is 0 Å². The third-order valence-electron chi connectivity index (χ3n) is 4.32. The van der Waals surface area contributed by atoms with Crippen molar-refractivity contribution in [3.05, 3.63) is 35.4 Å². The van der Waals surface area contributed by atoms with Crippen molar-refractivity contribution in [2.75, 3.05) is 21.1 Å². The molecule has 1 unspecified atom stereocenters. The van der Waals surface area contributed by atoms with E-state index in [-0.39, 0.29) is 5.54 Å². The first-order valence-corrected chi connectivity index (χ1v) is 6.93. The molecule has 0 aliphatic heterocycles. The lowest BCUT2D eigenvalue weighted by atomic mass is 9.79. The van der Waals surface area contributed by atoms with Gasteiger partial charge in [0.2, 0.25) is 0 Å². The van der Waals surface area contributed by atoms with Gasteiger partial charge in [-0.05, 0) is 46.5 Å². The van der Waals surface area contributed by atoms with E-state index in [2.05, 4.69) is 76.4 Å². The molecule has 0 heterocycles. The monoisotopic (exact) mass is 248 g/mol. The smallest absolute Gasteiger partial charge is 0.0504 e. The second-order valence-electron chi connectivity index (χ2n) is 5.34. The highest BCUT2D eigenvalue weighted by Crippen LogP contribution is 2.35. The van der Waals surface area contributed by atoms with Crippen LogP contribution in [0.3, 0.4) is 0 Å². The van der Waals surface area contributed by atoms with E-state index in [1.54, 1.807) is 0 Å². The highest BCUT2D eigenvalue weighted by atomic mass is 15.2. The van der Waals surface area contributed by atoms with Crippen LogP contribution in [0.5, 0.6) is 0 Å². The molecule has 18 heavy (non-hydrogen) atoms. The Kier molecular flexibility index (Phi) is 5.36. The zero-order valence-corrected chi connectivity index (χ0v) is 12.7. The molecule has 1 atom stereocenters. The maximum atomic E-state index is 3.53. The van der Waals surface area contributed by atoms with Crippen LogP contribution in [0.1, 0.15) is 43.9 Å². The van der Waals surface area contributed by atoms with Crippen molar-refractivity contribution in [1.82, 2.24) is 10.2 Å². The van der Waals surface area contributed by atoms with Crippen LogP contribution in [0.15, 0.2) is 24.3 Å². The van der Waals surface area contributed by atoms with E-state index in [0.29, 0.717) is 6.04 Å². The van der Waals surface area contributed by atoms with E-state index >= 15 is 0 Å². The number of likely N-dealkylation sites (N-methyl/N-ethyl adjacent to an activating group) is 2. The quantitative estimate of drug-likeness (QED) is 0.830. The predicted octanol–water partition coefficient (Wildman–Crippen LogP) is 3.38. The van der Waals surface area contributed by atoms with Gasteiger partial charge in [-0.3, -0.25) is 0 Å². The lowest BCUT2D eigenvalue weighted by Gasteiger charge is -2.45. The predicted molar refractivity (Wildman–Crippen MR) is 80.0 cm³/mol. The normalized spacial score (nSPS) is 13.9. The molecule has 1 aromatic carbocycles. The summed E-state index contributed by atoms with van der Waals surface area (Å²) >= 11 is 0. The van der Waals surface area contributed by atoms with E-state index in [1.165, 1.54) is 11.1 Å². The molecule has 0 fully saturated rings. The van der Waals surface area contributed by atoms with E-state index < -0.39 is 0 Å². The molecular weight excluding hydrogens is 220 g/mol. The third-order valence-corrected chi connectivity index (χ3v) is 4.32. The molecule has 0 aliphatic carbocycles. The summed E-state index contributed by atoms with van der Waals surface area (Å²) in [5.41, 5.74) is 2.88. The van der Waals surface area contributed by atoms with Crippen LogP contribution in [0.2, 0.25) is 0 Å². The fraction of sp³-hybridized carbons (Fsp3) is 0.625. The van der Waals surface area contributed by atoms with Crippen molar-refractivity contribution in [3.63, 3.8) is 0 Å². The summed E-state index contributed by atoms with van der Waals surface area (Å²) in [5.74, 6) is 0. The largest absolute Gasteiger partial charge is 0.311 e. The summed E-state index contributed by atoms with van der Waals surface area (Å²) in [6.07, 6.45) is 2.27. The first-order chi connectivity index (χ1) is 8.51. The number of aryl methyl sites for hydroxylation is 1. The molecule has 0 bridgehead atoms. The minimum atomic E-state index is 0.169. The van der Waals surface area contributed by atoms with Gasteiger partial charge >= 0.3 is 0 Å². The number of rotatable bonds is 6. The van der Waals surface area contributed by atoms with Crippen molar-refractivity contribution < 1.29 is 0 Å². The maximum Gasteiger partial charge on any atom is 0.0504 e.